The van der Waals surface area contributed by atoms with E-state index in [-0.39, 0.29) is 16.7 Å². The van der Waals surface area contributed by atoms with Gasteiger partial charge in [-0.1, -0.05) is 65.6 Å². The molecule has 3 atom stereocenters. The van der Waals surface area contributed by atoms with Gasteiger partial charge in [0.25, 0.3) is 0 Å². The van der Waals surface area contributed by atoms with Crippen LogP contribution in [0.4, 0.5) is 10.1 Å². The predicted octanol–water partition coefficient (Wildman–Crippen LogP) is 4.95. The molecule has 1 saturated heterocycles. The second-order valence-corrected chi connectivity index (χ2v) is 10.8. The molecule has 4 aromatic rings. The molecule has 3 heterocycles. The number of thiazole rings is 1. The summed E-state index contributed by atoms with van der Waals surface area (Å²) >= 11 is 2.27. The van der Waals surface area contributed by atoms with Crippen LogP contribution in [0.15, 0.2) is 88.7 Å². The predicted molar refractivity (Wildman–Crippen MR) is 136 cm³/mol. The fourth-order valence-corrected chi connectivity index (χ4v) is 7.27. The van der Waals surface area contributed by atoms with Crippen molar-refractivity contribution in [3.8, 4) is 5.75 Å². The first-order valence-corrected chi connectivity index (χ1v) is 13.0. The van der Waals surface area contributed by atoms with Gasteiger partial charge < -0.3 is 9.72 Å². The standard InChI is InChI=1S/C27H19FN2O4S2/c28-17-9-11-18(12-10-17)30-25(31)21-20(22-24(29-27(33)36-22)35-23(21)26(30)32)16-7-4-8-19(13-16)34-14-15-5-2-1-3-6-15/h1-13,20-21,23H,14H2,(H,29,33). The van der Waals surface area contributed by atoms with Crippen LogP contribution < -0.4 is 14.5 Å². The molecule has 36 heavy (non-hydrogen) atoms. The molecule has 0 aliphatic carbocycles. The minimum Gasteiger partial charge on any atom is -0.489 e. The smallest absolute Gasteiger partial charge is 0.305 e. The maximum atomic E-state index is 13.7. The average Bonchev–Trinajstić information content (AvgIpc) is 3.38. The van der Waals surface area contributed by atoms with E-state index in [9.17, 15) is 18.8 Å². The fourth-order valence-electron chi connectivity index (χ4n) is 4.76. The number of fused-ring (bicyclic) bond motifs is 2. The Hall–Kier alpha value is -3.69. The van der Waals surface area contributed by atoms with Crippen molar-refractivity contribution in [1.82, 2.24) is 4.98 Å². The molecule has 6 rings (SSSR count). The summed E-state index contributed by atoms with van der Waals surface area (Å²) in [5.74, 6) is -1.78. The van der Waals surface area contributed by atoms with E-state index in [0.29, 0.717) is 23.1 Å². The number of nitrogens with one attached hydrogen (secondary N) is 1. The second-order valence-electron chi connectivity index (χ2n) is 8.58. The van der Waals surface area contributed by atoms with Crippen molar-refractivity contribution in [1.29, 1.82) is 0 Å². The van der Waals surface area contributed by atoms with Crippen molar-refractivity contribution in [2.75, 3.05) is 4.90 Å². The van der Waals surface area contributed by atoms with Crippen molar-refractivity contribution in [2.24, 2.45) is 5.92 Å². The molecule has 0 spiro atoms. The summed E-state index contributed by atoms with van der Waals surface area (Å²) in [5, 5.41) is -0.104. The Kier molecular flexibility index (Phi) is 5.73. The quantitative estimate of drug-likeness (QED) is 0.378. The number of carbonyl (C=O) groups excluding carboxylic acids is 2. The van der Waals surface area contributed by atoms with Gasteiger partial charge >= 0.3 is 4.87 Å². The van der Waals surface area contributed by atoms with Gasteiger partial charge in [-0.2, -0.15) is 0 Å². The zero-order valence-electron chi connectivity index (χ0n) is 18.7. The summed E-state index contributed by atoms with van der Waals surface area (Å²) < 4.78 is 19.5. The zero-order chi connectivity index (χ0) is 24.8. The van der Waals surface area contributed by atoms with Gasteiger partial charge in [0.15, 0.2) is 0 Å². The Balaban J connectivity index is 1.38. The van der Waals surface area contributed by atoms with Gasteiger partial charge in [0, 0.05) is 10.8 Å². The summed E-state index contributed by atoms with van der Waals surface area (Å²) in [5.41, 5.74) is 2.14. The Morgan fingerprint density at radius 1 is 0.917 bits per heavy atom. The molecule has 2 amide bonds. The van der Waals surface area contributed by atoms with Gasteiger partial charge in [-0.25, -0.2) is 9.29 Å². The largest absolute Gasteiger partial charge is 0.489 e. The molecule has 2 aliphatic heterocycles. The summed E-state index contributed by atoms with van der Waals surface area (Å²) in [6.45, 7) is 0.384. The van der Waals surface area contributed by atoms with Gasteiger partial charge in [-0.05, 0) is 47.5 Å². The van der Waals surface area contributed by atoms with Gasteiger partial charge in [0.1, 0.15) is 23.4 Å². The number of nitrogens with zero attached hydrogens (tertiary/aromatic N) is 1. The van der Waals surface area contributed by atoms with Crippen LogP contribution in [0.3, 0.4) is 0 Å². The van der Waals surface area contributed by atoms with E-state index in [0.717, 1.165) is 32.2 Å². The molecule has 2 aliphatic rings. The number of H-pyrrole nitrogens is 1. The number of rotatable bonds is 5. The normalized spacial score (nSPS) is 20.8. The number of amides is 2. The third kappa shape index (κ3) is 3.94. The minimum atomic E-state index is -0.712. The van der Waals surface area contributed by atoms with Crippen molar-refractivity contribution in [2.45, 2.75) is 22.8 Å². The number of carbonyl (C=O) groups is 2. The van der Waals surface area contributed by atoms with Crippen LogP contribution in [0.2, 0.25) is 0 Å². The van der Waals surface area contributed by atoms with Crippen LogP contribution in [0.25, 0.3) is 0 Å². The molecular weight excluding hydrogens is 499 g/mol. The molecular formula is C27H19FN2O4S2. The van der Waals surface area contributed by atoms with E-state index in [1.165, 1.54) is 36.0 Å². The van der Waals surface area contributed by atoms with Crippen LogP contribution in [0, 0.1) is 11.7 Å². The third-order valence-electron chi connectivity index (χ3n) is 6.37. The maximum absolute atomic E-state index is 13.7. The van der Waals surface area contributed by atoms with Crippen LogP contribution in [0.1, 0.15) is 21.9 Å². The summed E-state index contributed by atoms with van der Waals surface area (Å²) in [7, 11) is 0. The Morgan fingerprint density at radius 3 is 2.47 bits per heavy atom. The Labute approximate surface area is 213 Å². The van der Waals surface area contributed by atoms with E-state index < -0.39 is 22.9 Å². The van der Waals surface area contributed by atoms with Gasteiger partial charge in [0.2, 0.25) is 11.8 Å². The first-order valence-electron chi connectivity index (χ1n) is 11.3. The van der Waals surface area contributed by atoms with Crippen molar-refractivity contribution in [3.63, 3.8) is 0 Å². The van der Waals surface area contributed by atoms with Crippen LogP contribution in [-0.2, 0) is 16.2 Å². The highest BCUT2D eigenvalue weighted by Gasteiger charge is 2.56. The lowest BCUT2D eigenvalue weighted by Gasteiger charge is -2.30. The lowest BCUT2D eigenvalue weighted by atomic mass is 9.83. The molecule has 0 bridgehead atoms. The Morgan fingerprint density at radius 2 is 1.69 bits per heavy atom. The number of benzene rings is 3. The highest BCUT2D eigenvalue weighted by Crippen LogP contribution is 2.53. The summed E-state index contributed by atoms with van der Waals surface area (Å²) in [6, 6.07) is 22.5. The number of anilines is 1. The number of aromatic amines is 1. The van der Waals surface area contributed by atoms with E-state index in [1.807, 2.05) is 54.6 Å². The fraction of sp³-hybridized carbons (Fsp3) is 0.148. The molecule has 3 aromatic carbocycles. The highest BCUT2D eigenvalue weighted by molar-refractivity contribution is 8.00. The summed E-state index contributed by atoms with van der Waals surface area (Å²) in [4.78, 5) is 43.9. The topological polar surface area (TPSA) is 79.5 Å². The number of ether oxygens (including phenoxy) is 1. The molecule has 1 fully saturated rings. The SMILES string of the molecule is O=C1C2Sc3[nH]c(=O)sc3C(c3cccc(OCc4ccccc4)c3)C2C(=O)N1c1ccc(F)cc1. The lowest BCUT2D eigenvalue weighted by Crippen LogP contribution is -2.32. The first-order chi connectivity index (χ1) is 17.5. The first kappa shape index (κ1) is 22.8. The van der Waals surface area contributed by atoms with Gasteiger partial charge in [-0.3, -0.25) is 14.4 Å². The number of aromatic nitrogens is 1. The molecule has 3 unspecified atom stereocenters. The molecule has 0 saturated carbocycles. The molecule has 6 nitrogen and oxygen atoms in total. The number of thioether (sulfide) groups is 1. The second kappa shape index (κ2) is 9.07. The maximum Gasteiger partial charge on any atom is 0.305 e. The third-order valence-corrected chi connectivity index (χ3v) is 8.78. The van der Waals surface area contributed by atoms with Crippen LogP contribution in [-0.4, -0.2) is 22.0 Å². The van der Waals surface area contributed by atoms with Gasteiger partial charge in [-0.15, -0.1) is 0 Å². The van der Waals surface area contributed by atoms with E-state index in [2.05, 4.69) is 4.98 Å². The summed E-state index contributed by atoms with van der Waals surface area (Å²) in [6.07, 6.45) is 0. The molecule has 1 N–H and O–H groups in total. The molecule has 9 heteroatoms. The molecule has 0 radical (unpaired) electrons. The van der Waals surface area contributed by atoms with E-state index >= 15 is 0 Å². The average molecular weight is 519 g/mol. The lowest BCUT2D eigenvalue weighted by molar-refractivity contribution is -0.122. The minimum absolute atomic E-state index is 0.232. The monoisotopic (exact) mass is 518 g/mol. The number of hydrogen-bond donors (Lipinski definition) is 1. The van der Waals surface area contributed by atoms with Crippen LogP contribution in [0.5, 0.6) is 5.75 Å². The van der Waals surface area contributed by atoms with Crippen LogP contribution >= 0.6 is 23.1 Å². The van der Waals surface area contributed by atoms with Crippen molar-refractivity contribution in [3.05, 3.63) is 110 Å². The van der Waals surface area contributed by atoms with Crippen molar-refractivity contribution < 1.29 is 18.7 Å². The van der Waals surface area contributed by atoms with Crippen molar-refractivity contribution >= 4 is 40.6 Å². The number of hydrogen-bond acceptors (Lipinski definition) is 6. The number of imide groups is 1. The zero-order valence-corrected chi connectivity index (χ0v) is 20.4. The Bertz CT molecular complexity index is 1520. The van der Waals surface area contributed by atoms with Gasteiger partial charge in [0.05, 0.1) is 16.6 Å². The highest BCUT2D eigenvalue weighted by atomic mass is 32.2. The van der Waals surface area contributed by atoms with E-state index in [4.69, 9.17) is 4.74 Å². The number of halogens is 1. The molecule has 180 valence electrons. The van der Waals surface area contributed by atoms with E-state index in [1.54, 1.807) is 0 Å². The molecule has 1 aromatic heterocycles.